The van der Waals surface area contributed by atoms with Crippen molar-refractivity contribution in [2.45, 2.75) is 83.8 Å². The summed E-state index contributed by atoms with van der Waals surface area (Å²) in [6.07, 6.45) is 4.77. The maximum absolute atomic E-state index is 13.4. The van der Waals surface area contributed by atoms with Gasteiger partial charge < -0.3 is 15.0 Å². The molecule has 7 heteroatoms. The molecule has 0 heterocycles. The van der Waals surface area contributed by atoms with E-state index in [-0.39, 0.29) is 29.9 Å². The van der Waals surface area contributed by atoms with E-state index in [4.69, 9.17) is 16.3 Å². The smallest absolute Gasteiger partial charge is 0.261 e. The van der Waals surface area contributed by atoms with Crippen molar-refractivity contribution in [3.63, 3.8) is 0 Å². The third-order valence-electron chi connectivity index (χ3n) is 6.50. The number of carbonyl (C=O) groups excluding carboxylic acids is 2. The monoisotopic (exact) mass is 562 g/mol. The molecule has 1 atom stereocenters. The highest BCUT2D eigenvalue weighted by Gasteiger charge is 2.31. The van der Waals surface area contributed by atoms with Gasteiger partial charge in [0.05, 0.1) is 4.47 Å². The summed E-state index contributed by atoms with van der Waals surface area (Å²) in [5, 5.41) is 3.79. The first-order valence-corrected chi connectivity index (χ1v) is 13.5. The predicted molar refractivity (Wildman–Crippen MR) is 145 cm³/mol. The van der Waals surface area contributed by atoms with Crippen molar-refractivity contribution in [1.29, 1.82) is 0 Å². The number of nitrogens with one attached hydrogen (secondary N) is 1. The topological polar surface area (TPSA) is 58.6 Å². The molecule has 35 heavy (non-hydrogen) atoms. The van der Waals surface area contributed by atoms with Crippen molar-refractivity contribution in [1.82, 2.24) is 10.2 Å². The van der Waals surface area contributed by atoms with Crippen LogP contribution in [0.4, 0.5) is 0 Å². The minimum Gasteiger partial charge on any atom is -0.483 e. The Bertz CT molecular complexity index is 1010. The average molecular weight is 564 g/mol. The number of hydrogen-bond donors (Lipinski definition) is 1. The maximum atomic E-state index is 13.4. The van der Waals surface area contributed by atoms with Crippen molar-refractivity contribution in [2.75, 3.05) is 6.61 Å². The molecule has 0 aromatic heterocycles. The number of halogens is 2. The number of ether oxygens (including phenoxy) is 1. The van der Waals surface area contributed by atoms with Gasteiger partial charge in [-0.05, 0) is 76.0 Å². The fourth-order valence-electron chi connectivity index (χ4n) is 4.38. The van der Waals surface area contributed by atoms with E-state index in [0.717, 1.165) is 35.7 Å². The fourth-order valence-corrected chi connectivity index (χ4v) is 5.00. The number of hydrogen-bond acceptors (Lipinski definition) is 3. The average Bonchev–Trinajstić information content (AvgIpc) is 3.31. The third-order valence-corrected chi connectivity index (χ3v) is 7.37. The molecule has 1 aliphatic rings. The SMILES string of the molecule is CC[C@@H](C(=O)NC1CCCC1)N(Cc1ccc(Cl)cc1)C(=O)COc1ccc(C(C)(C)C)cc1Br. The lowest BCUT2D eigenvalue weighted by molar-refractivity contribution is -0.143. The summed E-state index contributed by atoms with van der Waals surface area (Å²) in [7, 11) is 0. The summed E-state index contributed by atoms with van der Waals surface area (Å²) in [5.74, 6) is 0.263. The Labute approximate surface area is 222 Å². The molecule has 1 fully saturated rings. The lowest BCUT2D eigenvalue weighted by atomic mass is 9.87. The highest BCUT2D eigenvalue weighted by Crippen LogP contribution is 2.31. The lowest BCUT2D eigenvalue weighted by Crippen LogP contribution is -2.52. The Balaban J connectivity index is 1.77. The lowest BCUT2D eigenvalue weighted by Gasteiger charge is -2.31. The molecule has 0 spiro atoms. The van der Waals surface area contributed by atoms with Gasteiger partial charge in [-0.25, -0.2) is 0 Å². The Kier molecular flexibility index (Phi) is 9.65. The van der Waals surface area contributed by atoms with Crippen LogP contribution in [0.3, 0.4) is 0 Å². The van der Waals surface area contributed by atoms with Crippen LogP contribution < -0.4 is 10.1 Å². The Morgan fingerprint density at radius 2 is 1.80 bits per heavy atom. The van der Waals surface area contributed by atoms with E-state index in [0.29, 0.717) is 23.7 Å². The molecule has 0 radical (unpaired) electrons. The molecule has 1 N–H and O–H groups in total. The van der Waals surface area contributed by atoms with E-state index in [1.165, 1.54) is 5.56 Å². The molecule has 0 aliphatic heterocycles. The second-order valence-electron chi connectivity index (χ2n) is 10.2. The van der Waals surface area contributed by atoms with Crippen LogP contribution in [0.1, 0.15) is 70.9 Å². The minimum absolute atomic E-state index is 0.00722. The van der Waals surface area contributed by atoms with Gasteiger partial charge in [0.1, 0.15) is 11.8 Å². The van der Waals surface area contributed by atoms with Crippen LogP contribution in [0.25, 0.3) is 0 Å². The summed E-state index contributed by atoms with van der Waals surface area (Å²) >= 11 is 9.62. The number of nitrogens with zero attached hydrogens (tertiary/aromatic N) is 1. The first kappa shape index (κ1) is 27.5. The largest absolute Gasteiger partial charge is 0.483 e. The van der Waals surface area contributed by atoms with Gasteiger partial charge in [-0.3, -0.25) is 9.59 Å². The highest BCUT2D eigenvalue weighted by molar-refractivity contribution is 9.10. The van der Waals surface area contributed by atoms with E-state index < -0.39 is 6.04 Å². The van der Waals surface area contributed by atoms with Crippen LogP contribution in [0, 0.1) is 0 Å². The zero-order chi connectivity index (χ0) is 25.6. The van der Waals surface area contributed by atoms with E-state index in [9.17, 15) is 9.59 Å². The second-order valence-corrected chi connectivity index (χ2v) is 11.5. The molecule has 0 unspecified atom stereocenters. The predicted octanol–water partition coefficient (Wildman–Crippen LogP) is 6.65. The quantitative estimate of drug-likeness (QED) is 0.372. The molecule has 2 aromatic rings. The van der Waals surface area contributed by atoms with Crippen LogP contribution in [0.2, 0.25) is 5.02 Å². The molecular weight excluding hydrogens is 528 g/mol. The van der Waals surface area contributed by atoms with Crippen molar-refractivity contribution < 1.29 is 14.3 Å². The first-order valence-electron chi connectivity index (χ1n) is 12.4. The molecular formula is C28H36BrClN2O3. The van der Waals surface area contributed by atoms with Crippen molar-refractivity contribution >= 4 is 39.3 Å². The van der Waals surface area contributed by atoms with Gasteiger partial charge in [0.25, 0.3) is 5.91 Å². The van der Waals surface area contributed by atoms with Gasteiger partial charge in [0, 0.05) is 17.6 Å². The summed E-state index contributed by atoms with van der Waals surface area (Å²) in [5.41, 5.74) is 2.08. The van der Waals surface area contributed by atoms with Crippen LogP contribution in [-0.4, -0.2) is 35.4 Å². The normalized spacial score (nSPS) is 15.0. The van der Waals surface area contributed by atoms with Crippen LogP contribution in [0.5, 0.6) is 5.75 Å². The molecule has 5 nitrogen and oxygen atoms in total. The fraction of sp³-hybridized carbons (Fsp3) is 0.500. The van der Waals surface area contributed by atoms with Gasteiger partial charge >= 0.3 is 0 Å². The van der Waals surface area contributed by atoms with Gasteiger partial charge in [0.15, 0.2) is 6.61 Å². The number of amides is 2. The van der Waals surface area contributed by atoms with E-state index >= 15 is 0 Å². The summed E-state index contributed by atoms with van der Waals surface area (Å²) in [4.78, 5) is 28.3. The Morgan fingerprint density at radius 1 is 1.14 bits per heavy atom. The van der Waals surface area contributed by atoms with Gasteiger partial charge in [-0.1, -0.05) is 70.3 Å². The number of rotatable bonds is 9. The van der Waals surface area contributed by atoms with Crippen LogP contribution in [0.15, 0.2) is 46.9 Å². The van der Waals surface area contributed by atoms with Crippen molar-refractivity contribution in [2.24, 2.45) is 0 Å². The number of carbonyl (C=O) groups is 2. The second kappa shape index (κ2) is 12.3. The van der Waals surface area contributed by atoms with Crippen LogP contribution >= 0.6 is 27.5 Å². The zero-order valence-electron chi connectivity index (χ0n) is 21.1. The molecule has 2 amide bonds. The van der Waals surface area contributed by atoms with Crippen LogP contribution in [-0.2, 0) is 21.5 Å². The molecule has 1 aliphatic carbocycles. The maximum Gasteiger partial charge on any atom is 0.261 e. The minimum atomic E-state index is -0.575. The van der Waals surface area contributed by atoms with E-state index in [1.54, 1.807) is 17.0 Å². The Morgan fingerprint density at radius 3 is 2.37 bits per heavy atom. The van der Waals surface area contributed by atoms with Gasteiger partial charge in [0.2, 0.25) is 5.91 Å². The highest BCUT2D eigenvalue weighted by atomic mass is 79.9. The third kappa shape index (κ3) is 7.71. The van der Waals surface area contributed by atoms with Crippen molar-refractivity contribution in [3.8, 4) is 5.75 Å². The molecule has 3 rings (SSSR count). The van der Waals surface area contributed by atoms with Gasteiger partial charge in [-0.2, -0.15) is 0 Å². The summed E-state index contributed by atoms with van der Waals surface area (Å²) < 4.78 is 6.72. The van der Waals surface area contributed by atoms with E-state index in [2.05, 4.69) is 42.0 Å². The number of benzene rings is 2. The molecule has 0 bridgehead atoms. The van der Waals surface area contributed by atoms with Gasteiger partial charge in [-0.15, -0.1) is 0 Å². The summed E-state index contributed by atoms with van der Waals surface area (Å²) in [6.45, 7) is 8.52. The van der Waals surface area contributed by atoms with Crippen molar-refractivity contribution in [3.05, 3.63) is 63.1 Å². The Hall–Kier alpha value is -2.05. The molecule has 2 aromatic carbocycles. The molecule has 1 saturated carbocycles. The standard InChI is InChI=1S/C28H36BrClN2O3/c1-5-24(27(34)31-22-8-6-7-9-22)32(17-19-10-13-21(30)14-11-19)26(33)18-35-25-15-12-20(16-23(25)29)28(2,3)4/h10-16,22,24H,5-9,17-18H2,1-4H3,(H,31,34)/t24-/m0/s1. The first-order chi connectivity index (χ1) is 16.6. The summed E-state index contributed by atoms with van der Waals surface area (Å²) in [6, 6.07) is 12.9. The zero-order valence-corrected chi connectivity index (χ0v) is 23.4. The van der Waals surface area contributed by atoms with E-state index in [1.807, 2.05) is 37.3 Å². The molecule has 190 valence electrons. The molecule has 0 saturated heterocycles.